The van der Waals surface area contributed by atoms with Crippen LogP contribution in [0.1, 0.15) is 142 Å². The summed E-state index contributed by atoms with van der Waals surface area (Å²) < 4.78 is 0. The van der Waals surface area contributed by atoms with E-state index in [1.54, 1.807) is 109 Å². The molecule has 0 nitrogen and oxygen atoms in total. The molecule has 0 aromatic carbocycles. The van der Waals surface area contributed by atoms with Crippen LogP contribution in [0.4, 0.5) is 0 Å². The second kappa shape index (κ2) is 11.6. The predicted octanol–water partition coefficient (Wildman–Crippen LogP) is 9.57. The Labute approximate surface area is 183 Å². The molecule has 0 aromatic heterocycles. The van der Waals surface area contributed by atoms with Gasteiger partial charge in [-0.05, 0) is 60.7 Å². The molecule has 0 aromatic rings. The van der Waals surface area contributed by atoms with E-state index in [9.17, 15) is 0 Å². The van der Waals surface area contributed by atoms with E-state index in [1.807, 2.05) is 0 Å². The van der Waals surface area contributed by atoms with Gasteiger partial charge in [0.15, 0.2) is 0 Å². The van der Waals surface area contributed by atoms with E-state index in [-0.39, 0.29) is 0 Å². The first-order chi connectivity index (χ1) is 14.3. The van der Waals surface area contributed by atoms with Crippen molar-refractivity contribution in [2.45, 2.75) is 142 Å². The number of hydrogen-bond acceptors (Lipinski definition) is 0. The van der Waals surface area contributed by atoms with Crippen LogP contribution in [0, 0.1) is 41.4 Å². The van der Waals surface area contributed by atoms with Crippen LogP contribution in [0.25, 0.3) is 0 Å². The Kier molecular flexibility index (Phi) is 8.86. The minimum absolute atomic E-state index is 1.07. The summed E-state index contributed by atoms with van der Waals surface area (Å²) in [5.41, 5.74) is 0. The summed E-state index contributed by atoms with van der Waals surface area (Å²) in [4.78, 5) is 0. The van der Waals surface area contributed by atoms with Crippen LogP contribution in [0.15, 0.2) is 0 Å². The molecular weight excluding hydrogens is 348 g/mol. The highest BCUT2D eigenvalue weighted by molar-refractivity contribution is 4.82. The van der Waals surface area contributed by atoms with Crippen LogP contribution in [0.2, 0.25) is 0 Å². The van der Waals surface area contributed by atoms with Gasteiger partial charge in [0.05, 0.1) is 0 Å². The Morgan fingerprint density at radius 2 is 0.621 bits per heavy atom. The summed E-state index contributed by atoms with van der Waals surface area (Å²) in [6, 6.07) is 0. The molecule has 0 radical (unpaired) electrons. The smallest absolute Gasteiger partial charge is 0.0411 e. The van der Waals surface area contributed by atoms with Gasteiger partial charge in [-0.15, -0.1) is 0 Å². The van der Waals surface area contributed by atoms with Crippen molar-refractivity contribution >= 4 is 0 Å². The van der Waals surface area contributed by atoms with E-state index in [2.05, 4.69) is 6.92 Å². The lowest BCUT2D eigenvalue weighted by molar-refractivity contribution is 0.155. The Balaban J connectivity index is 1.08. The van der Waals surface area contributed by atoms with E-state index in [4.69, 9.17) is 0 Å². The highest BCUT2D eigenvalue weighted by atomic mass is 14.4. The largest absolute Gasteiger partial charge is 0.0651 e. The highest BCUT2D eigenvalue weighted by Gasteiger charge is 2.30. The van der Waals surface area contributed by atoms with Gasteiger partial charge in [-0.25, -0.2) is 0 Å². The second-order valence-corrected chi connectivity index (χ2v) is 12.3. The minimum atomic E-state index is 1.07. The zero-order valence-electron chi connectivity index (χ0n) is 19.9. The van der Waals surface area contributed by atoms with Crippen molar-refractivity contribution in [3.05, 3.63) is 0 Å². The van der Waals surface area contributed by atoms with Crippen molar-refractivity contribution in [2.75, 3.05) is 0 Å². The molecule has 0 atom stereocenters. The van der Waals surface area contributed by atoms with Crippen molar-refractivity contribution in [1.82, 2.24) is 0 Å². The third-order valence-electron chi connectivity index (χ3n) is 10.2. The van der Waals surface area contributed by atoms with Gasteiger partial charge >= 0.3 is 0 Å². The summed E-state index contributed by atoms with van der Waals surface area (Å²) in [6.07, 6.45) is 32.8. The fourth-order valence-electron chi connectivity index (χ4n) is 8.12. The lowest BCUT2D eigenvalue weighted by atomic mass is 9.69. The first-order valence-electron chi connectivity index (χ1n) is 14.3. The Morgan fingerprint density at radius 1 is 0.345 bits per heavy atom. The fraction of sp³-hybridized carbons (Fsp3) is 1.00. The maximum Gasteiger partial charge on any atom is -0.0411 e. The van der Waals surface area contributed by atoms with Crippen LogP contribution >= 0.6 is 0 Å². The zero-order valence-corrected chi connectivity index (χ0v) is 19.9. The maximum atomic E-state index is 2.40. The van der Waals surface area contributed by atoms with Crippen LogP contribution in [0.5, 0.6) is 0 Å². The molecule has 0 saturated heterocycles. The third-order valence-corrected chi connectivity index (χ3v) is 10.2. The van der Waals surface area contributed by atoms with E-state index >= 15 is 0 Å². The van der Waals surface area contributed by atoms with E-state index in [0.717, 1.165) is 41.4 Å². The molecule has 0 heterocycles. The molecule has 168 valence electrons. The topological polar surface area (TPSA) is 0 Å². The molecule has 4 saturated carbocycles. The summed E-state index contributed by atoms with van der Waals surface area (Å²) in [6.45, 7) is 2.40. The monoisotopic (exact) mass is 400 g/mol. The maximum absolute atomic E-state index is 2.40. The average Bonchev–Trinajstić information content (AvgIpc) is 2.78. The summed E-state index contributed by atoms with van der Waals surface area (Å²) >= 11 is 0. The molecule has 4 rings (SSSR count). The molecule has 0 bridgehead atoms. The van der Waals surface area contributed by atoms with Gasteiger partial charge in [0.25, 0.3) is 0 Å². The summed E-state index contributed by atoms with van der Waals surface area (Å²) in [7, 11) is 0. The molecule has 0 heteroatoms. The average molecular weight is 401 g/mol. The molecule has 4 fully saturated rings. The van der Waals surface area contributed by atoms with Gasteiger partial charge < -0.3 is 0 Å². The van der Waals surface area contributed by atoms with E-state index in [1.165, 1.54) is 25.7 Å². The quantitative estimate of drug-likeness (QED) is 0.399. The standard InChI is InChI=1S/C29H52/c1-2-23-8-10-25(11-9-23)21-27-16-18-29(19-17-27)22-28-14-12-26(13-15-28)20-24-6-4-3-5-7-24/h23-29H,2-22H2,1H3. The lowest BCUT2D eigenvalue weighted by Gasteiger charge is -2.37. The van der Waals surface area contributed by atoms with Crippen LogP contribution < -0.4 is 0 Å². The fourth-order valence-corrected chi connectivity index (χ4v) is 8.12. The Morgan fingerprint density at radius 3 is 0.931 bits per heavy atom. The van der Waals surface area contributed by atoms with Gasteiger partial charge in [0.1, 0.15) is 0 Å². The molecule has 29 heavy (non-hydrogen) atoms. The van der Waals surface area contributed by atoms with Crippen LogP contribution in [-0.4, -0.2) is 0 Å². The van der Waals surface area contributed by atoms with Crippen molar-refractivity contribution in [3.8, 4) is 0 Å². The lowest BCUT2D eigenvalue weighted by Crippen LogP contribution is -2.23. The highest BCUT2D eigenvalue weighted by Crippen LogP contribution is 2.43. The van der Waals surface area contributed by atoms with Gasteiger partial charge in [-0.3, -0.25) is 0 Å². The first-order valence-corrected chi connectivity index (χ1v) is 14.3. The third kappa shape index (κ3) is 7.00. The van der Waals surface area contributed by atoms with Gasteiger partial charge in [-0.1, -0.05) is 122 Å². The summed E-state index contributed by atoms with van der Waals surface area (Å²) in [5, 5.41) is 0. The predicted molar refractivity (Wildman–Crippen MR) is 127 cm³/mol. The van der Waals surface area contributed by atoms with Crippen molar-refractivity contribution in [2.24, 2.45) is 41.4 Å². The molecule has 4 aliphatic rings. The zero-order chi connectivity index (χ0) is 19.9. The number of rotatable bonds is 7. The van der Waals surface area contributed by atoms with E-state index < -0.39 is 0 Å². The normalized spacial score (nSPS) is 40.0. The second-order valence-electron chi connectivity index (χ2n) is 12.3. The van der Waals surface area contributed by atoms with Crippen LogP contribution in [0.3, 0.4) is 0 Å². The SMILES string of the molecule is CCC1CCC(CC2CCC(CC3CCC(CC4CCCCC4)CC3)CC2)CC1. The van der Waals surface area contributed by atoms with Crippen molar-refractivity contribution in [3.63, 3.8) is 0 Å². The molecule has 0 unspecified atom stereocenters. The van der Waals surface area contributed by atoms with Gasteiger partial charge in [0, 0.05) is 0 Å². The molecule has 0 amide bonds. The molecule has 0 spiro atoms. The molecule has 0 aliphatic heterocycles. The van der Waals surface area contributed by atoms with Gasteiger partial charge in [-0.2, -0.15) is 0 Å². The molecular formula is C29H52. The Hall–Kier alpha value is 0. The van der Waals surface area contributed by atoms with Crippen molar-refractivity contribution in [1.29, 1.82) is 0 Å². The number of hydrogen-bond donors (Lipinski definition) is 0. The molecule has 0 N–H and O–H groups in total. The molecule has 4 aliphatic carbocycles. The first kappa shape index (κ1) is 22.2. The van der Waals surface area contributed by atoms with Crippen LogP contribution in [-0.2, 0) is 0 Å². The Bertz CT molecular complexity index is 423. The van der Waals surface area contributed by atoms with Gasteiger partial charge in [0.2, 0.25) is 0 Å². The van der Waals surface area contributed by atoms with E-state index in [0.29, 0.717) is 0 Å². The van der Waals surface area contributed by atoms with Crippen molar-refractivity contribution < 1.29 is 0 Å². The minimum Gasteiger partial charge on any atom is -0.0651 e. The summed E-state index contributed by atoms with van der Waals surface area (Å²) in [5.74, 6) is 7.68.